The van der Waals surface area contributed by atoms with Crippen LogP contribution in [0.3, 0.4) is 0 Å². The number of nitrogens with one attached hydrogen (secondary N) is 1. The molecule has 4 aromatic rings. The number of piperazine rings is 1. The van der Waals surface area contributed by atoms with Crippen molar-refractivity contribution in [2.75, 3.05) is 44.3 Å². The number of hydrogen-bond donors (Lipinski definition) is 2. The number of anilines is 2. The standard InChI is InChI=1S/C30H34ClF3N8/c1-40-13-15-41(16-14-40)21-9-11-22(12-10-21)42-29-26(28(35)37-18-38-29)27(39-42)19-5-7-20(8-6-19)36-17-23-24(30(32,33)34)3-2-4-25(23)31/h2-8,18,21-22,36H,9-17H2,1H3,(H2,35,37,38). The van der Waals surface area contributed by atoms with Gasteiger partial charge in [-0.05, 0) is 57.0 Å². The zero-order valence-corrected chi connectivity index (χ0v) is 24.2. The molecule has 0 radical (unpaired) electrons. The van der Waals surface area contributed by atoms with E-state index < -0.39 is 11.7 Å². The molecule has 1 saturated carbocycles. The van der Waals surface area contributed by atoms with Crippen molar-refractivity contribution in [3.8, 4) is 11.3 Å². The minimum atomic E-state index is -4.49. The zero-order chi connectivity index (χ0) is 29.4. The van der Waals surface area contributed by atoms with Crippen molar-refractivity contribution in [2.24, 2.45) is 0 Å². The van der Waals surface area contributed by atoms with E-state index in [9.17, 15) is 13.2 Å². The lowest BCUT2D eigenvalue weighted by molar-refractivity contribution is -0.138. The molecule has 42 heavy (non-hydrogen) atoms. The average Bonchev–Trinajstić information content (AvgIpc) is 3.38. The molecule has 0 spiro atoms. The Morgan fingerprint density at radius 1 is 0.952 bits per heavy atom. The van der Waals surface area contributed by atoms with Crippen LogP contribution in [0.4, 0.5) is 24.7 Å². The summed E-state index contributed by atoms with van der Waals surface area (Å²) in [6.45, 7) is 4.41. The fourth-order valence-electron chi connectivity index (χ4n) is 6.25. The van der Waals surface area contributed by atoms with Crippen LogP contribution in [0.15, 0.2) is 48.8 Å². The van der Waals surface area contributed by atoms with Crippen molar-refractivity contribution >= 4 is 34.1 Å². The van der Waals surface area contributed by atoms with Gasteiger partial charge >= 0.3 is 6.18 Å². The largest absolute Gasteiger partial charge is 0.416 e. The van der Waals surface area contributed by atoms with E-state index in [1.807, 2.05) is 28.9 Å². The van der Waals surface area contributed by atoms with Crippen molar-refractivity contribution in [2.45, 2.75) is 50.5 Å². The van der Waals surface area contributed by atoms with Crippen LogP contribution in [0.2, 0.25) is 5.02 Å². The molecule has 0 amide bonds. The third-order valence-corrected chi connectivity index (χ3v) is 8.99. The summed E-state index contributed by atoms with van der Waals surface area (Å²) in [5.41, 5.74) is 8.50. The number of aromatic nitrogens is 4. The van der Waals surface area contributed by atoms with Crippen LogP contribution in [0.1, 0.15) is 42.9 Å². The summed E-state index contributed by atoms with van der Waals surface area (Å²) < 4.78 is 42.5. The summed E-state index contributed by atoms with van der Waals surface area (Å²) in [5.74, 6) is 0.368. The number of nitrogen functional groups attached to an aromatic ring is 1. The molecular weight excluding hydrogens is 565 g/mol. The number of alkyl halides is 3. The second-order valence-electron chi connectivity index (χ2n) is 11.2. The van der Waals surface area contributed by atoms with E-state index in [0.29, 0.717) is 28.6 Å². The van der Waals surface area contributed by atoms with E-state index in [1.165, 1.54) is 18.5 Å². The molecule has 1 saturated heterocycles. The Labute approximate surface area is 247 Å². The van der Waals surface area contributed by atoms with Gasteiger partial charge in [-0.25, -0.2) is 14.6 Å². The lowest BCUT2D eigenvalue weighted by Crippen LogP contribution is -2.49. The molecule has 1 aliphatic heterocycles. The van der Waals surface area contributed by atoms with Gasteiger partial charge in [-0.15, -0.1) is 0 Å². The molecule has 3 heterocycles. The van der Waals surface area contributed by atoms with Crippen LogP contribution in [0, 0.1) is 0 Å². The Balaban J connectivity index is 1.20. The van der Waals surface area contributed by atoms with Crippen LogP contribution in [-0.4, -0.2) is 68.8 Å². The molecule has 8 nitrogen and oxygen atoms in total. The van der Waals surface area contributed by atoms with Crippen LogP contribution in [-0.2, 0) is 12.7 Å². The van der Waals surface area contributed by atoms with Gasteiger partial charge in [0.05, 0.1) is 17.0 Å². The first-order chi connectivity index (χ1) is 20.2. The number of benzene rings is 2. The van der Waals surface area contributed by atoms with Crippen LogP contribution in [0.5, 0.6) is 0 Å². The van der Waals surface area contributed by atoms with E-state index in [0.717, 1.165) is 69.1 Å². The molecule has 0 bridgehead atoms. The summed E-state index contributed by atoms with van der Waals surface area (Å²) in [6.07, 6.45) is 1.26. The minimum Gasteiger partial charge on any atom is -0.383 e. The second kappa shape index (κ2) is 11.7. The van der Waals surface area contributed by atoms with Gasteiger partial charge in [-0.1, -0.05) is 29.8 Å². The van der Waals surface area contributed by atoms with E-state index in [1.54, 1.807) is 0 Å². The highest BCUT2D eigenvalue weighted by Gasteiger charge is 2.34. The highest BCUT2D eigenvalue weighted by molar-refractivity contribution is 6.31. The maximum atomic E-state index is 13.5. The predicted octanol–water partition coefficient (Wildman–Crippen LogP) is 6.09. The topological polar surface area (TPSA) is 88.1 Å². The molecule has 2 fully saturated rings. The average molecular weight is 599 g/mol. The van der Waals surface area contributed by atoms with E-state index in [2.05, 4.69) is 32.1 Å². The summed E-state index contributed by atoms with van der Waals surface area (Å²) in [6, 6.07) is 12.0. The lowest BCUT2D eigenvalue weighted by Gasteiger charge is -2.41. The van der Waals surface area contributed by atoms with Gasteiger partial charge in [0.1, 0.15) is 17.8 Å². The second-order valence-corrected chi connectivity index (χ2v) is 11.7. The van der Waals surface area contributed by atoms with Gasteiger partial charge in [0.15, 0.2) is 5.65 Å². The fourth-order valence-corrected chi connectivity index (χ4v) is 6.49. The molecule has 6 rings (SSSR count). The van der Waals surface area contributed by atoms with Crippen LogP contribution >= 0.6 is 11.6 Å². The molecule has 2 aromatic heterocycles. The van der Waals surface area contributed by atoms with Gasteiger partial charge in [0.2, 0.25) is 0 Å². The Morgan fingerprint density at radius 2 is 1.64 bits per heavy atom. The van der Waals surface area contributed by atoms with Crippen molar-refractivity contribution < 1.29 is 13.2 Å². The van der Waals surface area contributed by atoms with Gasteiger partial charge in [0.25, 0.3) is 0 Å². The third kappa shape index (κ3) is 5.77. The number of nitrogens with zero attached hydrogens (tertiary/aromatic N) is 6. The quantitative estimate of drug-likeness (QED) is 0.278. The van der Waals surface area contributed by atoms with Crippen molar-refractivity contribution in [3.63, 3.8) is 0 Å². The first-order valence-corrected chi connectivity index (χ1v) is 14.7. The maximum Gasteiger partial charge on any atom is 0.416 e. The molecule has 1 aliphatic carbocycles. The highest BCUT2D eigenvalue weighted by atomic mass is 35.5. The molecule has 0 unspecified atom stereocenters. The summed E-state index contributed by atoms with van der Waals surface area (Å²) in [5, 5.41) is 8.86. The Bertz CT molecular complexity index is 1540. The van der Waals surface area contributed by atoms with Crippen molar-refractivity contribution in [1.82, 2.24) is 29.5 Å². The smallest absolute Gasteiger partial charge is 0.383 e. The summed E-state index contributed by atoms with van der Waals surface area (Å²) in [7, 11) is 2.18. The number of nitrogens with two attached hydrogens (primary N) is 1. The lowest BCUT2D eigenvalue weighted by atomic mass is 9.90. The molecule has 12 heteroatoms. The Kier molecular flexibility index (Phi) is 7.99. The fraction of sp³-hybridized carbons (Fsp3) is 0.433. The molecule has 0 atom stereocenters. The van der Waals surface area contributed by atoms with Gasteiger partial charge in [-0.3, -0.25) is 4.90 Å². The molecule has 222 valence electrons. The molecule has 2 aromatic carbocycles. The van der Waals surface area contributed by atoms with Gasteiger partial charge in [0, 0.05) is 60.6 Å². The highest BCUT2D eigenvalue weighted by Crippen LogP contribution is 2.38. The first-order valence-electron chi connectivity index (χ1n) is 14.3. The third-order valence-electron chi connectivity index (χ3n) is 8.64. The Hall–Kier alpha value is -3.41. The van der Waals surface area contributed by atoms with Gasteiger partial charge in [-0.2, -0.15) is 18.3 Å². The Morgan fingerprint density at radius 3 is 2.33 bits per heavy atom. The van der Waals surface area contributed by atoms with E-state index in [-0.39, 0.29) is 23.2 Å². The SMILES string of the molecule is CN1CCN(C2CCC(n3nc(-c4ccc(NCc5c(Cl)cccc5C(F)(F)F)cc4)c4c(N)ncnc43)CC2)CC1. The van der Waals surface area contributed by atoms with E-state index in [4.69, 9.17) is 22.4 Å². The number of halogens is 4. The summed E-state index contributed by atoms with van der Waals surface area (Å²) >= 11 is 6.12. The van der Waals surface area contributed by atoms with E-state index >= 15 is 0 Å². The number of likely N-dealkylation sites (N-methyl/N-ethyl adjacent to an activating group) is 1. The molecule has 3 N–H and O–H groups in total. The van der Waals surface area contributed by atoms with Crippen LogP contribution in [0.25, 0.3) is 22.3 Å². The summed E-state index contributed by atoms with van der Waals surface area (Å²) in [4.78, 5) is 13.8. The number of hydrogen-bond acceptors (Lipinski definition) is 7. The normalized spacial score (nSPS) is 20.7. The molecular formula is C30H34ClF3N8. The first kappa shape index (κ1) is 28.7. The monoisotopic (exact) mass is 598 g/mol. The number of fused-ring (bicyclic) bond motifs is 1. The van der Waals surface area contributed by atoms with Crippen molar-refractivity contribution in [3.05, 3.63) is 64.9 Å². The maximum absolute atomic E-state index is 13.5. The van der Waals surface area contributed by atoms with Crippen LogP contribution < -0.4 is 11.1 Å². The number of rotatable bonds is 6. The van der Waals surface area contributed by atoms with Gasteiger partial charge < -0.3 is 16.0 Å². The minimum absolute atomic E-state index is 0.00717. The van der Waals surface area contributed by atoms with Crippen molar-refractivity contribution in [1.29, 1.82) is 0 Å². The predicted molar refractivity (Wildman–Crippen MR) is 159 cm³/mol. The zero-order valence-electron chi connectivity index (χ0n) is 23.4. The molecule has 2 aliphatic rings.